The van der Waals surface area contributed by atoms with Gasteiger partial charge in [0, 0.05) is 0 Å². The summed E-state index contributed by atoms with van der Waals surface area (Å²) in [6.45, 7) is 19.7. The van der Waals surface area contributed by atoms with E-state index in [-0.39, 0.29) is 34.9 Å². The van der Waals surface area contributed by atoms with Crippen LogP contribution < -0.4 is 0 Å². The molecule has 43 heavy (non-hydrogen) atoms. The van der Waals surface area contributed by atoms with Crippen molar-refractivity contribution in [1.82, 2.24) is 0 Å². The molecule has 1 heterocycles. The van der Waals surface area contributed by atoms with Gasteiger partial charge in [0.15, 0.2) is 0 Å². The standard InChI is InChI=1S/C38H58O5/c1-24-10-13-26(14-11-24)33(39)42-31-19-21-36(7)30(38(9,41)23-20-32(36)43-35(31,5)6)17-16-27-25(2)12-15-29-28(34(27,3)4)18-22-37(29,8)40/h10-14,27-32,40-41H,15-23H2,1-9H3/t27-,28+,29+,30+,31+,32+,36+,37+,38-/m1/s1. The number of fused-ring (bicyclic) bond motifs is 2. The van der Waals surface area contributed by atoms with Crippen molar-refractivity contribution in [3.63, 3.8) is 0 Å². The molecule has 0 aromatic heterocycles. The third kappa shape index (κ3) is 6.00. The zero-order chi connectivity index (χ0) is 31.6. The van der Waals surface area contributed by atoms with Gasteiger partial charge in [-0.05, 0) is 146 Å². The number of rotatable bonds is 5. The maximum atomic E-state index is 13.2. The Morgan fingerprint density at radius 2 is 1.51 bits per heavy atom. The molecule has 9 atom stereocenters. The summed E-state index contributed by atoms with van der Waals surface area (Å²) >= 11 is 0. The Labute approximate surface area is 260 Å². The van der Waals surface area contributed by atoms with Crippen LogP contribution in [0.2, 0.25) is 0 Å². The predicted molar refractivity (Wildman–Crippen MR) is 172 cm³/mol. The molecular weight excluding hydrogens is 536 g/mol. The first-order valence-electron chi connectivity index (χ1n) is 17.0. The van der Waals surface area contributed by atoms with Crippen molar-refractivity contribution in [1.29, 1.82) is 0 Å². The molecule has 0 bridgehead atoms. The van der Waals surface area contributed by atoms with Crippen LogP contribution in [-0.4, -0.2) is 45.2 Å². The van der Waals surface area contributed by atoms with Gasteiger partial charge in [-0.3, -0.25) is 0 Å². The summed E-state index contributed by atoms with van der Waals surface area (Å²) in [6, 6.07) is 7.54. The molecule has 5 rings (SSSR count). The van der Waals surface area contributed by atoms with Crippen LogP contribution in [0.1, 0.15) is 129 Å². The van der Waals surface area contributed by atoms with Crippen LogP contribution in [0.4, 0.5) is 0 Å². The lowest BCUT2D eigenvalue weighted by molar-refractivity contribution is -0.206. The van der Waals surface area contributed by atoms with E-state index >= 15 is 0 Å². The first-order chi connectivity index (χ1) is 19.9. The molecule has 0 radical (unpaired) electrons. The van der Waals surface area contributed by atoms with E-state index in [1.54, 1.807) is 0 Å². The van der Waals surface area contributed by atoms with Crippen LogP contribution in [0.25, 0.3) is 0 Å². The van der Waals surface area contributed by atoms with Crippen molar-refractivity contribution >= 4 is 5.97 Å². The second-order valence-corrected chi connectivity index (χ2v) is 16.7. The fraction of sp³-hybridized carbons (Fsp3) is 0.763. The van der Waals surface area contributed by atoms with Crippen LogP contribution >= 0.6 is 0 Å². The van der Waals surface area contributed by atoms with Gasteiger partial charge in [-0.25, -0.2) is 4.79 Å². The second-order valence-electron chi connectivity index (χ2n) is 16.7. The zero-order valence-electron chi connectivity index (χ0n) is 28.3. The first-order valence-corrected chi connectivity index (χ1v) is 17.0. The normalized spacial score (nSPS) is 42.2. The van der Waals surface area contributed by atoms with Gasteiger partial charge in [-0.1, -0.05) is 50.1 Å². The van der Waals surface area contributed by atoms with Crippen LogP contribution in [0, 0.1) is 41.4 Å². The third-order valence-electron chi connectivity index (χ3n) is 13.0. The smallest absolute Gasteiger partial charge is 0.338 e. The number of aryl methyl sites for hydroxylation is 1. The van der Waals surface area contributed by atoms with E-state index in [1.807, 2.05) is 45.0 Å². The summed E-state index contributed by atoms with van der Waals surface area (Å²) < 4.78 is 13.1. The van der Waals surface area contributed by atoms with Gasteiger partial charge < -0.3 is 19.7 Å². The van der Waals surface area contributed by atoms with Crippen molar-refractivity contribution in [2.75, 3.05) is 0 Å². The lowest BCUT2D eigenvalue weighted by Gasteiger charge is -2.54. The molecule has 2 saturated carbocycles. The SMILES string of the molecule is CC1=CC[C@H]2[C@H](CC[C@]2(C)O)C(C)(C)[C@@H]1CC[C@H]1[C@]2(C)CC[C@H](OC(=O)c3ccc(C)cc3)C(C)(C)O[C@H]2CC[C@@]1(C)O. The fourth-order valence-corrected chi connectivity index (χ4v) is 10.2. The van der Waals surface area contributed by atoms with Crippen LogP contribution in [0.5, 0.6) is 0 Å². The predicted octanol–water partition coefficient (Wildman–Crippen LogP) is 8.20. The fourth-order valence-electron chi connectivity index (χ4n) is 10.2. The molecule has 5 nitrogen and oxygen atoms in total. The summed E-state index contributed by atoms with van der Waals surface area (Å²) in [5, 5.41) is 23.2. The maximum absolute atomic E-state index is 13.2. The van der Waals surface area contributed by atoms with Gasteiger partial charge in [-0.2, -0.15) is 0 Å². The number of hydrogen-bond donors (Lipinski definition) is 2. The van der Waals surface area contributed by atoms with Crippen molar-refractivity contribution < 1.29 is 24.5 Å². The number of hydrogen-bond acceptors (Lipinski definition) is 5. The van der Waals surface area contributed by atoms with Crippen LogP contribution in [-0.2, 0) is 9.47 Å². The van der Waals surface area contributed by atoms with Gasteiger partial charge in [0.05, 0.1) is 28.5 Å². The van der Waals surface area contributed by atoms with E-state index in [9.17, 15) is 15.0 Å². The van der Waals surface area contributed by atoms with Crippen LogP contribution in [0.3, 0.4) is 0 Å². The Morgan fingerprint density at radius 3 is 2.19 bits per heavy atom. The number of carbonyl (C=O) groups is 1. The molecule has 0 spiro atoms. The molecule has 1 saturated heterocycles. The summed E-state index contributed by atoms with van der Waals surface area (Å²) in [7, 11) is 0. The quantitative estimate of drug-likeness (QED) is 0.266. The molecule has 240 valence electrons. The van der Waals surface area contributed by atoms with Crippen LogP contribution in [0.15, 0.2) is 35.9 Å². The highest BCUT2D eigenvalue weighted by molar-refractivity contribution is 5.89. The Kier molecular flexibility index (Phi) is 8.58. The molecule has 3 fully saturated rings. The molecule has 5 heteroatoms. The highest BCUT2D eigenvalue weighted by Crippen LogP contribution is 2.59. The highest BCUT2D eigenvalue weighted by atomic mass is 16.6. The topological polar surface area (TPSA) is 76.0 Å². The highest BCUT2D eigenvalue weighted by Gasteiger charge is 2.58. The first kappa shape index (κ1) is 32.7. The van der Waals surface area contributed by atoms with E-state index < -0.39 is 16.8 Å². The van der Waals surface area contributed by atoms with E-state index in [1.165, 1.54) is 5.57 Å². The Bertz CT molecular complexity index is 1210. The minimum Gasteiger partial charge on any atom is -0.456 e. The molecule has 0 unspecified atom stereocenters. The van der Waals surface area contributed by atoms with Crippen molar-refractivity contribution in [3.05, 3.63) is 47.0 Å². The minimum absolute atomic E-state index is 0.0103. The van der Waals surface area contributed by atoms with Crippen molar-refractivity contribution in [2.24, 2.45) is 34.5 Å². The van der Waals surface area contributed by atoms with E-state index in [2.05, 4.69) is 47.6 Å². The number of allylic oxidation sites excluding steroid dienone is 2. The minimum atomic E-state index is -0.788. The lowest BCUT2D eigenvalue weighted by Crippen LogP contribution is -2.56. The summed E-state index contributed by atoms with van der Waals surface area (Å²) in [4.78, 5) is 13.2. The molecule has 1 aromatic rings. The summed E-state index contributed by atoms with van der Waals surface area (Å²) in [5.74, 6) is 0.960. The third-order valence-corrected chi connectivity index (χ3v) is 13.0. The molecule has 1 aromatic carbocycles. The van der Waals surface area contributed by atoms with Gasteiger partial charge in [0.1, 0.15) is 6.10 Å². The summed E-state index contributed by atoms with van der Waals surface area (Å²) in [5.41, 5.74) is 0.931. The average Bonchev–Trinajstić information content (AvgIpc) is 3.12. The Morgan fingerprint density at radius 1 is 0.860 bits per heavy atom. The van der Waals surface area contributed by atoms with E-state index in [0.717, 1.165) is 50.5 Å². The number of carbonyl (C=O) groups excluding carboxylic acids is 1. The summed E-state index contributed by atoms with van der Waals surface area (Å²) in [6.07, 6.45) is 9.93. The number of esters is 1. The molecule has 3 aliphatic carbocycles. The lowest BCUT2D eigenvalue weighted by atomic mass is 9.55. The van der Waals surface area contributed by atoms with E-state index in [4.69, 9.17) is 9.47 Å². The number of benzene rings is 1. The molecule has 2 N–H and O–H groups in total. The Hall–Kier alpha value is -1.69. The molecule has 4 aliphatic rings. The van der Waals surface area contributed by atoms with Crippen molar-refractivity contribution in [3.8, 4) is 0 Å². The molecule has 0 amide bonds. The Balaban J connectivity index is 1.36. The largest absolute Gasteiger partial charge is 0.456 e. The van der Waals surface area contributed by atoms with Gasteiger partial charge in [-0.15, -0.1) is 0 Å². The number of ether oxygens (including phenoxy) is 2. The van der Waals surface area contributed by atoms with Gasteiger partial charge in [0.25, 0.3) is 0 Å². The second kappa shape index (κ2) is 11.3. The molecular formula is C38H58O5. The van der Waals surface area contributed by atoms with E-state index in [0.29, 0.717) is 36.2 Å². The average molecular weight is 595 g/mol. The maximum Gasteiger partial charge on any atom is 0.338 e. The number of aliphatic hydroxyl groups is 2. The monoisotopic (exact) mass is 594 g/mol. The zero-order valence-corrected chi connectivity index (χ0v) is 28.3. The molecule has 1 aliphatic heterocycles. The van der Waals surface area contributed by atoms with Crippen molar-refractivity contribution in [2.45, 2.75) is 149 Å². The van der Waals surface area contributed by atoms with Gasteiger partial charge in [0.2, 0.25) is 0 Å². The van der Waals surface area contributed by atoms with Gasteiger partial charge >= 0.3 is 5.97 Å².